The van der Waals surface area contributed by atoms with Crippen molar-refractivity contribution in [1.29, 1.82) is 0 Å². The van der Waals surface area contributed by atoms with Gasteiger partial charge in [-0.1, -0.05) is 17.3 Å². The fourth-order valence-electron chi connectivity index (χ4n) is 2.83. The number of para-hydroxylation sites is 2. The van der Waals surface area contributed by atoms with E-state index >= 15 is 0 Å². The maximum absolute atomic E-state index is 12.7. The van der Waals surface area contributed by atoms with E-state index in [-0.39, 0.29) is 11.8 Å². The van der Waals surface area contributed by atoms with Gasteiger partial charge >= 0.3 is 0 Å². The van der Waals surface area contributed by atoms with Crippen LogP contribution in [0.3, 0.4) is 0 Å². The van der Waals surface area contributed by atoms with Crippen molar-refractivity contribution < 1.29 is 13.7 Å². The summed E-state index contributed by atoms with van der Waals surface area (Å²) in [5.41, 5.74) is 3.11. The summed E-state index contributed by atoms with van der Waals surface area (Å²) in [6, 6.07) is 7.55. The maximum atomic E-state index is 12.7. The third-order valence-corrected chi connectivity index (χ3v) is 3.98. The predicted octanol–water partition coefficient (Wildman–Crippen LogP) is 3.19. The topological polar surface area (TPSA) is 72.4 Å². The molecule has 120 valence electrons. The number of fused-ring (bicyclic) bond motifs is 1. The quantitative estimate of drug-likeness (QED) is 0.739. The molecule has 0 bridgehead atoms. The van der Waals surface area contributed by atoms with Crippen LogP contribution in [0.1, 0.15) is 35.7 Å². The molecule has 23 heavy (non-hydrogen) atoms. The highest BCUT2D eigenvalue weighted by molar-refractivity contribution is 5.83. The van der Waals surface area contributed by atoms with Gasteiger partial charge in [-0.25, -0.2) is 4.98 Å². The molecule has 2 aromatic heterocycles. The second-order valence-corrected chi connectivity index (χ2v) is 5.73. The molecule has 6 nitrogen and oxygen atoms in total. The van der Waals surface area contributed by atoms with Crippen LogP contribution in [0.2, 0.25) is 0 Å². The van der Waals surface area contributed by atoms with Crippen LogP contribution in [0.4, 0.5) is 0 Å². The minimum atomic E-state index is -0.323. The predicted molar refractivity (Wildman–Crippen MR) is 84.9 cm³/mol. The number of oxazole rings is 1. The van der Waals surface area contributed by atoms with Crippen LogP contribution in [0.25, 0.3) is 11.1 Å². The zero-order valence-electron chi connectivity index (χ0n) is 13.7. The van der Waals surface area contributed by atoms with Gasteiger partial charge in [0.2, 0.25) is 11.8 Å². The molecular weight excluding hydrogens is 294 g/mol. The Labute approximate surface area is 134 Å². The molecule has 3 aromatic rings. The summed E-state index contributed by atoms with van der Waals surface area (Å²) in [6.45, 7) is 5.84. The van der Waals surface area contributed by atoms with Gasteiger partial charge in [-0.2, -0.15) is 0 Å². The van der Waals surface area contributed by atoms with Gasteiger partial charge in [-0.3, -0.25) is 4.79 Å². The molecule has 0 aliphatic heterocycles. The Hall–Kier alpha value is -2.63. The molecule has 1 amide bonds. The first-order chi connectivity index (χ1) is 11.0. The van der Waals surface area contributed by atoms with Crippen molar-refractivity contribution in [2.75, 3.05) is 7.05 Å². The highest BCUT2D eigenvalue weighted by Crippen LogP contribution is 2.25. The molecule has 0 aliphatic carbocycles. The van der Waals surface area contributed by atoms with E-state index in [1.165, 1.54) is 0 Å². The Balaban J connectivity index is 1.77. The summed E-state index contributed by atoms with van der Waals surface area (Å²) >= 11 is 0. The van der Waals surface area contributed by atoms with E-state index in [4.69, 9.17) is 8.94 Å². The summed E-state index contributed by atoms with van der Waals surface area (Å²) in [4.78, 5) is 18.7. The SMILES string of the molecule is Cc1noc(C)c1C(C)C(=O)N(C)Cc1nc2ccccc2o1. The lowest BCUT2D eigenvalue weighted by Gasteiger charge is -2.19. The van der Waals surface area contributed by atoms with Gasteiger partial charge in [0.1, 0.15) is 11.3 Å². The molecule has 1 atom stereocenters. The normalized spacial score (nSPS) is 12.5. The van der Waals surface area contributed by atoms with Crippen molar-refractivity contribution in [3.8, 4) is 0 Å². The van der Waals surface area contributed by atoms with E-state index in [0.29, 0.717) is 18.2 Å². The lowest BCUT2D eigenvalue weighted by atomic mass is 9.98. The molecule has 0 saturated carbocycles. The summed E-state index contributed by atoms with van der Waals surface area (Å²) in [5.74, 6) is 0.851. The van der Waals surface area contributed by atoms with Gasteiger partial charge in [0.25, 0.3) is 0 Å². The fraction of sp³-hybridized carbons (Fsp3) is 0.353. The van der Waals surface area contributed by atoms with Gasteiger partial charge in [0.15, 0.2) is 5.58 Å². The number of rotatable bonds is 4. The summed E-state index contributed by atoms with van der Waals surface area (Å²) in [6.07, 6.45) is 0. The molecule has 2 heterocycles. The lowest BCUT2D eigenvalue weighted by molar-refractivity contribution is -0.132. The van der Waals surface area contributed by atoms with Crippen molar-refractivity contribution in [2.45, 2.75) is 33.2 Å². The minimum absolute atomic E-state index is 0.0262. The zero-order valence-corrected chi connectivity index (χ0v) is 13.7. The third-order valence-electron chi connectivity index (χ3n) is 3.98. The number of hydrogen-bond acceptors (Lipinski definition) is 5. The van der Waals surface area contributed by atoms with E-state index < -0.39 is 0 Å². The van der Waals surface area contributed by atoms with Crippen LogP contribution in [0.5, 0.6) is 0 Å². The molecule has 0 aliphatic rings. The number of amides is 1. The number of hydrogen-bond donors (Lipinski definition) is 0. The van der Waals surface area contributed by atoms with Crippen LogP contribution in [-0.4, -0.2) is 28.0 Å². The van der Waals surface area contributed by atoms with Crippen molar-refractivity contribution in [3.05, 3.63) is 47.2 Å². The van der Waals surface area contributed by atoms with Crippen LogP contribution < -0.4 is 0 Å². The average molecular weight is 313 g/mol. The van der Waals surface area contributed by atoms with Crippen LogP contribution in [0.15, 0.2) is 33.2 Å². The van der Waals surface area contributed by atoms with Crippen molar-refractivity contribution >= 4 is 17.0 Å². The van der Waals surface area contributed by atoms with E-state index in [1.54, 1.807) is 11.9 Å². The largest absolute Gasteiger partial charge is 0.439 e. The molecule has 0 radical (unpaired) electrons. The molecule has 1 aromatic carbocycles. The number of aryl methyl sites for hydroxylation is 2. The van der Waals surface area contributed by atoms with Crippen LogP contribution >= 0.6 is 0 Å². The Morgan fingerprint density at radius 1 is 1.30 bits per heavy atom. The van der Waals surface area contributed by atoms with Crippen molar-refractivity contribution in [3.63, 3.8) is 0 Å². The zero-order chi connectivity index (χ0) is 16.6. The molecule has 0 N–H and O–H groups in total. The smallest absolute Gasteiger partial charge is 0.230 e. The van der Waals surface area contributed by atoms with Gasteiger partial charge in [0, 0.05) is 12.6 Å². The first-order valence-electron chi connectivity index (χ1n) is 7.49. The second-order valence-electron chi connectivity index (χ2n) is 5.73. The van der Waals surface area contributed by atoms with E-state index in [0.717, 1.165) is 22.4 Å². The first kappa shape index (κ1) is 15.3. The summed E-state index contributed by atoms with van der Waals surface area (Å²) < 4.78 is 10.8. The number of nitrogens with zero attached hydrogens (tertiary/aromatic N) is 3. The molecular formula is C17H19N3O3. The first-order valence-corrected chi connectivity index (χ1v) is 7.49. The Morgan fingerprint density at radius 3 is 2.70 bits per heavy atom. The van der Waals surface area contributed by atoms with E-state index in [9.17, 15) is 4.79 Å². The maximum Gasteiger partial charge on any atom is 0.230 e. The summed E-state index contributed by atoms with van der Waals surface area (Å²) in [7, 11) is 1.74. The van der Waals surface area contributed by atoms with Crippen molar-refractivity contribution in [1.82, 2.24) is 15.0 Å². The van der Waals surface area contributed by atoms with Gasteiger partial charge in [-0.05, 0) is 32.9 Å². The third kappa shape index (κ3) is 2.84. The number of carbonyl (C=O) groups excluding carboxylic acids is 1. The lowest BCUT2D eigenvalue weighted by Crippen LogP contribution is -2.30. The highest BCUT2D eigenvalue weighted by atomic mass is 16.5. The van der Waals surface area contributed by atoms with Crippen LogP contribution in [0, 0.1) is 13.8 Å². The molecule has 0 spiro atoms. The molecule has 3 rings (SSSR count). The Morgan fingerprint density at radius 2 is 2.04 bits per heavy atom. The highest BCUT2D eigenvalue weighted by Gasteiger charge is 2.26. The molecule has 0 fully saturated rings. The van der Waals surface area contributed by atoms with Crippen molar-refractivity contribution in [2.24, 2.45) is 0 Å². The van der Waals surface area contributed by atoms with Gasteiger partial charge < -0.3 is 13.8 Å². The monoisotopic (exact) mass is 313 g/mol. The number of benzene rings is 1. The van der Waals surface area contributed by atoms with Crippen LogP contribution in [-0.2, 0) is 11.3 Å². The number of carbonyl (C=O) groups is 1. The Kier molecular flexibility index (Phi) is 3.90. The number of aromatic nitrogens is 2. The van der Waals surface area contributed by atoms with Gasteiger partial charge in [0.05, 0.1) is 18.2 Å². The standard InChI is InChI=1S/C17H19N3O3/c1-10(16-11(2)19-23-12(16)3)17(21)20(4)9-15-18-13-7-5-6-8-14(13)22-15/h5-8,10H,9H2,1-4H3. The average Bonchev–Trinajstić information content (AvgIpc) is 3.08. The molecule has 0 saturated heterocycles. The second kappa shape index (κ2) is 5.87. The summed E-state index contributed by atoms with van der Waals surface area (Å²) in [5, 5.41) is 3.92. The fourth-order valence-corrected chi connectivity index (χ4v) is 2.83. The number of likely N-dealkylation sites (N-methyl/N-ethyl adjacent to an activating group) is 1. The van der Waals surface area contributed by atoms with E-state index in [2.05, 4.69) is 10.1 Å². The Bertz CT molecular complexity index is 797. The molecule has 6 heteroatoms. The minimum Gasteiger partial charge on any atom is -0.439 e. The molecule has 1 unspecified atom stereocenters. The van der Waals surface area contributed by atoms with E-state index in [1.807, 2.05) is 45.0 Å². The van der Waals surface area contributed by atoms with Gasteiger partial charge in [-0.15, -0.1) is 0 Å².